The van der Waals surface area contributed by atoms with E-state index in [1.807, 2.05) is 59.9 Å². The van der Waals surface area contributed by atoms with Crippen LogP contribution in [0, 0.1) is 91.2 Å². The second-order valence-corrected chi connectivity index (χ2v) is 37.2. The molecule has 29 nitrogen and oxygen atoms in total. The number of esters is 4. The fraction of sp³-hybridized carbons (Fsp3) is 0.475. The third-order valence-electron chi connectivity index (χ3n) is 25.2. The summed E-state index contributed by atoms with van der Waals surface area (Å²) in [5, 5.41) is 9.00. The van der Waals surface area contributed by atoms with Crippen LogP contribution >= 0.6 is 0 Å². The standard InChI is InChI=1S/C35H43F2N5O5.C30H35F2N5O3.C19H26N4O2.C17H21F2NO4/c1-6-46-32(44)23-11-14-40(15-12-23)30-17-22(2)7-8-24(30)19-41-16-13-38-33(41)39-31(43)28-21-42(34(45)47-35(3,4)5)20-27(28)26-10-9-25(36)18-29(26)37;1-3-40-29(39)20-8-11-36(12-9-20)27-14-19(2)4-5-21(27)18-37-13-10-34-30(37)35-28(38)25-17-33-16-24(25)23-7-6-22(31)15-26(23)32;1-3-25-18(24)15-6-9-22(10-7-15)17-12-14(2)4-5-16(17)13-23-11-8-21-19(23)20;1-17(2,3)24-16(22)20-8-12(13(9-20)15(21)23-4)11-6-5-10(18)7-14(11)19/h7-10,13,16-18,23,27-28H,6,11-12,14-15,19-21H2,1-5H3,(H,38,39,43);4-7,10,13-15,20,24-25,33H,3,8-9,11-12,16-18H2,1-2H3,(H,34,35,38);4-5,8,11-12,15H,3,6-7,9-10,13H2,1-2H3,(H2,20,21);5-7,12-13H,8-9H2,1-4H3/t27-,28+;24-,25+;;12-,13+/m00.0/s1. The van der Waals surface area contributed by atoms with Gasteiger partial charge in [0.2, 0.25) is 23.7 Å². The maximum Gasteiger partial charge on any atom is 0.410 e. The van der Waals surface area contributed by atoms with Crippen LogP contribution in [0.1, 0.15) is 169 Å². The largest absolute Gasteiger partial charge is 0.469 e. The number of halogens is 6. The van der Waals surface area contributed by atoms with Crippen molar-refractivity contribution in [2.75, 3.05) is 137 Å². The van der Waals surface area contributed by atoms with Gasteiger partial charge in [0.1, 0.15) is 46.1 Å². The summed E-state index contributed by atoms with van der Waals surface area (Å²) in [5.74, 6) is -8.62. The predicted molar refractivity (Wildman–Crippen MR) is 502 cm³/mol. The molecule has 4 amide bonds. The van der Waals surface area contributed by atoms with E-state index >= 15 is 0 Å². The van der Waals surface area contributed by atoms with E-state index in [9.17, 15) is 64.7 Å². The van der Waals surface area contributed by atoms with Crippen molar-refractivity contribution in [2.24, 2.45) is 35.5 Å². The Balaban J connectivity index is 0.000000169. The Hall–Kier alpha value is -13.0. The number of nitrogens with one attached hydrogen (secondary N) is 3. The van der Waals surface area contributed by atoms with Gasteiger partial charge in [0.05, 0.1) is 82.1 Å². The number of nitrogens with two attached hydrogens (primary N) is 1. The van der Waals surface area contributed by atoms with Crippen LogP contribution in [0.3, 0.4) is 0 Å². The van der Waals surface area contributed by atoms with Crippen LogP contribution in [0.5, 0.6) is 0 Å². The first-order valence-electron chi connectivity index (χ1n) is 46.4. The fourth-order valence-electron chi connectivity index (χ4n) is 18.2. The van der Waals surface area contributed by atoms with Gasteiger partial charge in [-0.3, -0.25) is 39.4 Å². The second-order valence-electron chi connectivity index (χ2n) is 37.2. The van der Waals surface area contributed by atoms with Gasteiger partial charge in [-0.25, -0.2) is 50.9 Å². The molecule has 6 fully saturated rings. The monoisotopic (exact) mass is 1890 g/mol. The van der Waals surface area contributed by atoms with Crippen molar-refractivity contribution in [1.29, 1.82) is 0 Å². The number of nitrogens with zero attached hydrogens (tertiary/aromatic N) is 11. The van der Waals surface area contributed by atoms with E-state index in [-0.39, 0.29) is 78.9 Å². The van der Waals surface area contributed by atoms with Crippen LogP contribution < -0.4 is 36.4 Å². The summed E-state index contributed by atoms with van der Waals surface area (Å²) < 4.78 is 121. The average molecular weight is 1890 g/mol. The molecule has 6 aliphatic heterocycles. The quantitative estimate of drug-likeness (QED) is 0.0263. The molecule has 35 heteroatoms. The Labute approximate surface area is 789 Å². The van der Waals surface area contributed by atoms with Gasteiger partial charge in [-0.15, -0.1) is 0 Å². The zero-order chi connectivity index (χ0) is 98.0. The summed E-state index contributed by atoms with van der Waals surface area (Å²) in [4.78, 5) is 123. The molecule has 6 saturated heterocycles. The molecule has 5 N–H and O–H groups in total. The molecule has 3 aromatic heterocycles. The van der Waals surface area contributed by atoms with Crippen LogP contribution in [0.2, 0.25) is 0 Å². The minimum atomic E-state index is -0.844. The molecule has 6 aromatic carbocycles. The van der Waals surface area contributed by atoms with Gasteiger partial charge in [-0.05, 0) is 208 Å². The third-order valence-corrected chi connectivity index (χ3v) is 25.2. The number of ether oxygens (including phenoxy) is 6. The molecule has 9 aromatic rings. The molecule has 0 radical (unpaired) electrons. The van der Waals surface area contributed by atoms with Crippen molar-refractivity contribution >= 4 is 82.8 Å². The molecule has 730 valence electrons. The van der Waals surface area contributed by atoms with Crippen LogP contribution in [0.15, 0.2) is 146 Å². The highest BCUT2D eigenvalue weighted by molar-refractivity contribution is 5.93. The van der Waals surface area contributed by atoms with Gasteiger partial charge < -0.3 is 77.7 Å². The lowest BCUT2D eigenvalue weighted by Crippen LogP contribution is -2.37. The van der Waals surface area contributed by atoms with Crippen molar-refractivity contribution in [1.82, 2.24) is 43.8 Å². The first-order valence-corrected chi connectivity index (χ1v) is 46.4. The lowest BCUT2D eigenvalue weighted by molar-refractivity contribution is -0.149. The smallest absolute Gasteiger partial charge is 0.410 e. The van der Waals surface area contributed by atoms with Crippen LogP contribution in [-0.2, 0) is 76.8 Å². The Bertz CT molecular complexity index is 5680. The zero-order valence-corrected chi connectivity index (χ0v) is 79.5. The number of carbonyl (C=O) groups excluding carboxylic acids is 8. The van der Waals surface area contributed by atoms with Crippen molar-refractivity contribution < 1.29 is 93.1 Å². The minimum Gasteiger partial charge on any atom is -0.469 e. The van der Waals surface area contributed by atoms with Gasteiger partial charge in [-0.2, -0.15) is 0 Å². The molecule has 0 bridgehead atoms. The number of anilines is 6. The van der Waals surface area contributed by atoms with E-state index in [2.05, 4.69) is 108 Å². The second kappa shape index (κ2) is 46.1. The highest BCUT2D eigenvalue weighted by Crippen LogP contribution is 2.41. The van der Waals surface area contributed by atoms with Crippen LogP contribution in [-0.4, -0.2) is 203 Å². The first-order chi connectivity index (χ1) is 64.9. The number of methoxy groups -OCH3 is 1. The number of likely N-dealkylation sites (tertiary alicyclic amines) is 2. The SMILES string of the molecule is CCOC(=O)C1CCN(c2cc(C)ccc2Cn2ccnc2N)CC1.CCOC(=O)C1CCN(c2cc(C)ccc2Cn2ccnc2NC(=O)[C@@H]2CN(C(=O)OC(C)(C)C)C[C@H]2c2ccc(F)cc2F)CC1.CCOC(=O)C1CCN(c2cc(C)ccc2Cn2ccnc2NC(=O)[C@@H]2CNC[C@H]2c2ccc(F)cc2F)CC1.COC(=O)[C@@H]1CN(C(=O)OC(C)(C)C)C[C@H]1c1ccc(F)cc1F. The number of nitrogen functional groups attached to an aromatic ring is 1. The lowest BCUT2D eigenvalue weighted by atomic mass is 9.88. The topological polar surface area (TPSA) is 324 Å². The lowest BCUT2D eigenvalue weighted by Gasteiger charge is -2.34. The molecule has 136 heavy (non-hydrogen) atoms. The summed E-state index contributed by atoms with van der Waals surface area (Å²) >= 11 is 0. The van der Waals surface area contributed by atoms with Gasteiger partial charge in [-0.1, -0.05) is 54.6 Å². The summed E-state index contributed by atoms with van der Waals surface area (Å²) in [6.07, 6.45) is 13.8. The van der Waals surface area contributed by atoms with E-state index in [0.717, 1.165) is 116 Å². The number of rotatable bonds is 23. The zero-order valence-electron chi connectivity index (χ0n) is 79.5. The van der Waals surface area contributed by atoms with Crippen molar-refractivity contribution in [2.45, 2.75) is 170 Å². The average Bonchev–Trinajstić information content (AvgIpc) is 1.64. The minimum absolute atomic E-state index is 0.00714. The summed E-state index contributed by atoms with van der Waals surface area (Å²) in [5.41, 5.74) is 15.3. The van der Waals surface area contributed by atoms with E-state index in [4.69, 9.17) is 34.2 Å². The van der Waals surface area contributed by atoms with Crippen molar-refractivity contribution in [3.05, 3.63) is 231 Å². The van der Waals surface area contributed by atoms with Gasteiger partial charge in [0.25, 0.3) is 0 Å². The van der Waals surface area contributed by atoms with Crippen LogP contribution in [0.25, 0.3) is 0 Å². The van der Waals surface area contributed by atoms with E-state index in [1.54, 1.807) is 66.3 Å². The molecule has 0 saturated carbocycles. The fourth-order valence-corrected chi connectivity index (χ4v) is 18.2. The van der Waals surface area contributed by atoms with Gasteiger partial charge in [0.15, 0.2) is 5.95 Å². The highest BCUT2D eigenvalue weighted by atomic mass is 19.2. The molecule has 0 aliphatic carbocycles. The highest BCUT2D eigenvalue weighted by Gasteiger charge is 2.46. The normalized spacial score (nSPS) is 18.7. The molecule has 6 atom stereocenters. The van der Waals surface area contributed by atoms with Gasteiger partial charge in [0, 0.05) is 169 Å². The van der Waals surface area contributed by atoms with Crippen LogP contribution in [0.4, 0.5) is 70.8 Å². The molecule has 9 heterocycles. The van der Waals surface area contributed by atoms with E-state index in [1.165, 1.54) is 58.0 Å². The third kappa shape index (κ3) is 26.6. The number of benzene rings is 6. The maximum atomic E-state index is 15.0. The molecule has 15 rings (SSSR count). The van der Waals surface area contributed by atoms with Crippen molar-refractivity contribution in [3.63, 3.8) is 0 Å². The maximum absolute atomic E-state index is 15.0. The number of piperidine rings is 3. The number of hydrogen-bond donors (Lipinski definition) is 4. The van der Waals surface area contributed by atoms with E-state index < -0.39 is 106 Å². The molecule has 0 spiro atoms. The molecular formula is C101H125F6N15O14. The van der Waals surface area contributed by atoms with Gasteiger partial charge >= 0.3 is 36.1 Å². The number of hydrogen-bond acceptors (Lipinski definition) is 22. The molecule has 0 unspecified atom stereocenters. The van der Waals surface area contributed by atoms with E-state index in [0.29, 0.717) is 102 Å². The Morgan fingerprint density at radius 3 is 1.10 bits per heavy atom. The summed E-state index contributed by atoms with van der Waals surface area (Å²) in [7, 11) is 1.23. The number of aryl methyl sites for hydroxylation is 3. The summed E-state index contributed by atoms with van der Waals surface area (Å²) in [6, 6.07) is 28.9. The van der Waals surface area contributed by atoms with Crippen molar-refractivity contribution in [3.8, 4) is 0 Å². The Kier molecular flexibility index (Phi) is 34.5. The Morgan fingerprint density at radius 1 is 0.419 bits per heavy atom. The Morgan fingerprint density at radius 2 is 0.757 bits per heavy atom. The summed E-state index contributed by atoms with van der Waals surface area (Å²) in [6.45, 7) is 30.6. The number of amides is 4. The number of carbonyl (C=O) groups is 8. The predicted octanol–water partition coefficient (Wildman–Crippen LogP) is 15.8. The number of imidazole rings is 3. The molecular weight excluding hydrogens is 1760 g/mol. The number of aromatic nitrogens is 6. The molecule has 6 aliphatic rings. The first kappa shape index (κ1) is 102.